The van der Waals surface area contributed by atoms with Crippen molar-refractivity contribution in [2.45, 2.75) is 18.9 Å². The monoisotopic (exact) mass is 230 g/mol. The number of rotatable bonds is 0. The van der Waals surface area contributed by atoms with Gasteiger partial charge in [-0.25, -0.2) is 4.39 Å². The lowest BCUT2D eigenvalue weighted by atomic mass is 10.1. The van der Waals surface area contributed by atoms with Gasteiger partial charge in [-0.05, 0) is 39.5 Å². The van der Waals surface area contributed by atoms with Crippen LogP contribution in [0.15, 0.2) is 16.6 Å². The summed E-state index contributed by atoms with van der Waals surface area (Å²) in [5, 5.41) is 9.32. The van der Waals surface area contributed by atoms with Gasteiger partial charge in [-0.15, -0.1) is 0 Å². The summed E-state index contributed by atoms with van der Waals surface area (Å²) >= 11 is 3.17. The number of aliphatic hydroxyl groups is 1. The van der Waals surface area contributed by atoms with Crippen molar-refractivity contribution in [3.63, 3.8) is 0 Å². The molecule has 0 aliphatic heterocycles. The Hall–Kier alpha value is -0.410. The molecule has 1 unspecified atom stereocenters. The van der Waals surface area contributed by atoms with Crippen molar-refractivity contribution in [3.05, 3.63) is 33.5 Å². The average molecular weight is 231 g/mol. The number of hydrogen-bond donors (Lipinski definition) is 1. The summed E-state index contributed by atoms with van der Waals surface area (Å²) in [4.78, 5) is 0. The van der Waals surface area contributed by atoms with Gasteiger partial charge in [-0.3, -0.25) is 0 Å². The third kappa shape index (κ3) is 1.17. The van der Waals surface area contributed by atoms with Crippen molar-refractivity contribution in [2.75, 3.05) is 0 Å². The van der Waals surface area contributed by atoms with Gasteiger partial charge in [-0.2, -0.15) is 0 Å². The van der Waals surface area contributed by atoms with Crippen molar-refractivity contribution < 1.29 is 9.50 Å². The van der Waals surface area contributed by atoms with Gasteiger partial charge < -0.3 is 5.11 Å². The van der Waals surface area contributed by atoms with Crippen molar-refractivity contribution in [2.24, 2.45) is 0 Å². The van der Waals surface area contributed by atoms with E-state index in [0.29, 0.717) is 17.3 Å². The third-order valence-corrected chi connectivity index (χ3v) is 3.05. The number of halogens is 2. The molecule has 0 bridgehead atoms. The van der Waals surface area contributed by atoms with E-state index in [1.165, 1.54) is 6.07 Å². The van der Waals surface area contributed by atoms with Crippen molar-refractivity contribution in [1.82, 2.24) is 0 Å². The lowest BCUT2D eigenvalue weighted by Gasteiger charge is -2.01. The fraction of sp³-hybridized carbons (Fsp3) is 0.333. The van der Waals surface area contributed by atoms with E-state index in [1.807, 2.05) is 0 Å². The molecule has 0 amide bonds. The highest BCUT2D eigenvalue weighted by atomic mass is 79.9. The highest BCUT2D eigenvalue weighted by Crippen LogP contribution is 2.31. The molecular formula is C9H8BrFO. The zero-order chi connectivity index (χ0) is 8.72. The van der Waals surface area contributed by atoms with Gasteiger partial charge in [-0.1, -0.05) is 6.07 Å². The van der Waals surface area contributed by atoms with Gasteiger partial charge in [0.25, 0.3) is 0 Å². The first-order chi connectivity index (χ1) is 5.68. The molecule has 0 fully saturated rings. The zero-order valence-corrected chi connectivity index (χ0v) is 7.94. The summed E-state index contributed by atoms with van der Waals surface area (Å²) in [7, 11) is 0. The van der Waals surface area contributed by atoms with Crippen LogP contribution in [0.4, 0.5) is 4.39 Å². The molecule has 2 rings (SSSR count). The summed E-state index contributed by atoms with van der Waals surface area (Å²) in [5.41, 5.74) is 1.97. The molecule has 0 saturated carbocycles. The van der Waals surface area contributed by atoms with Crippen molar-refractivity contribution in [1.29, 1.82) is 0 Å². The van der Waals surface area contributed by atoms with Gasteiger partial charge in [0.2, 0.25) is 0 Å². The van der Waals surface area contributed by atoms with E-state index in [1.54, 1.807) is 6.07 Å². The Labute approximate surface area is 78.3 Å². The van der Waals surface area contributed by atoms with Gasteiger partial charge in [0.15, 0.2) is 0 Å². The van der Waals surface area contributed by atoms with E-state index in [-0.39, 0.29) is 11.9 Å². The predicted octanol–water partition coefficient (Wildman–Crippen LogP) is 2.05. The van der Waals surface area contributed by atoms with Crippen LogP contribution in [-0.2, 0) is 12.8 Å². The zero-order valence-electron chi connectivity index (χ0n) is 6.35. The molecule has 0 aromatic heterocycles. The van der Waals surface area contributed by atoms with E-state index in [9.17, 15) is 9.50 Å². The molecule has 1 N–H and O–H groups in total. The van der Waals surface area contributed by atoms with E-state index in [2.05, 4.69) is 15.9 Å². The number of hydrogen-bond acceptors (Lipinski definition) is 1. The van der Waals surface area contributed by atoms with Crippen LogP contribution in [0.3, 0.4) is 0 Å². The fourth-order valence-corrected chi connectivity index (χ4v) is 2.15. The molecule has 1 aromatic rings. The van der Waals surface area contributed by atoms with Crippen LogP contribution >= 0.6 is 15.9 Å². The standard InChI is InChI=1S/C9H8BrFO/c10-9-7-4-6(12)3-5(7)1-2-8(9)11/h1-2,6,12H,3-4H2. The molecule has 0 heterocycles. The summed E-state index contributed by atoms with van der Waals surface area (Å²) in [6, 6.07) is 3.17. The molecule has 1 nitrogen and oxygen atoms in total. The lowest BCUT2D eigenvalue weighted by molar-refractivity contribution is 0.187. The minimum absolute atomic E-state index is 0.247. The summed E-state index contributed by atoms with van der Waals surface area (Å²) < 4.78 is 13.5. The summed E-state index contributed by atoms with van der Waals surface area (Å²) in [6.07, 6.45) is 0.875. The summed E-state index contributed by atoms with van der Waals surface area (Å²) in [5.74, 6) is -0.247. The Morgan fingerprint density at radius 1 is 1.42 bits per heavy atom. The normalized spacial score (nSPS) is 21.1. The van der Waals surface area contributed by atoms with Crippen molar-refractivity contribution in [3.8, 4) is 0 Å². The first-order valence-electron chi connectivity index (χ1n) is 3.82. The molecule has 3 heteroatoms. The van der Waals surface area contributed by atoms with Gasteiger partial charge >= 0.3 is 0 Å². The molecule has 1 aliphatic rings. The molecule has 1 atom stereocenters. The first kappa shape index (κ1) is 8.20. The average Bonchev–Trinajstić information content (AvgIpc) is 2.39. The van der Waals surface area contributed by atoms with Crippen LogP contribution in [0, 0.1) is 5.82 Å². The Morgan fingerprint density at radius 3 is 2.92 bits per heavy atom. The Bertz CT molecular complexity index is 325. The second-order valence-electron chi connectivity index (χ2n) is 3.06. The molecular weight excluding hydrogens is 223 g/mol. The maximum atomic E-state index is 13.0. The number of fused-ring (bicyclic) bond motifs is 1. The largest absolute Gasteiger partial charge is 0.392 e. The number of benzene rings is 1. The Balaban J connectivity index is 2.54. The smallest absolute Gasteiger partial charge is 0.137 e. The second-order valence-corrected chi connectivity index (χ2v) is 3.85. The maximum Gasteiger partial charge on any atom is 0.137 e. The van der Waals surface area contributed by atoms with Gasteiger partial charge in [0.05, 0.1) is 10.6 Å². The van der Waals surface area contributed by atoms with Gasteiger partial charge in [0.1, 0.15) is 5.82 Å². The van der Waals surface area contributed by atoms with Crippen LogP contribution in [0.1, 0.15) is 11.1 Å². The second kappa shape index (κ2) is 2.82. The van der Waals surface area contributed by atoms with Crippen LogP contribution in [-0.4, -0.2) is 11.2 Å². The number of aliphatic hydroxyl groups excluding tert-OH is 1. The first-order valence-corrected chi connectivity index (χ1v) is 4.61. The predicted molar refractivity (Wildman–Crippen MR) is 47.5 cm³/mol. The van der Waals surface area contributed by atoms with E-state index >= 15 is 0 Å². The summed E-state index contributed by atoms with van der Waals surface area (Å²) in [6.45, 7) is 0. The fourth-order valence-electron chi connectivity index (χ4n) is 1.61. The molecule has 64 valence electrons. The SMILES string of the molecule is OC1Cc2ccc(F)c(Br)c2C1. The molecule has 0 saturated heterocycles. The van der Waals surface area contributed by atoms with Crippen LogP contribution < -0.4 is 0 Å². The maximum absolute atomic E-state index is 13.0. The highest BCUT2D eigenvalue weighted by Gasteiger charge is 2.22. The van der Waals surface area contributed by atoms with Gasteiger partial charge in [0, 0.05) is 6.42 Å². The molecule has 1 aliphatic carbocycles. The molecule has 0 radical (unpaired) electrons. The third-order valence-electron chi connectivity index (χ3n) is 2.19. The van der Waals surface area contributed by atoms with Crippen LogP contribution in [0.5, 0.6) is 0 Å². The highest BCUT2D eigenvalue weighted by molar-refractivity contribution is 9.10. The quantitative estimate of drug-likeness (QED) is 0.724. The van der Waals surface area contributed by atoms with E-state index < -0.39 is 0 Å². The molecule has 0 spiro atoms. The Morgan fingerprint density at radius 2 is 2.17 bits per heavy atom. The molecule has 12 heavy (non-hydrogen) atoms. The topological polar surface area (TPSA) is 20.2 Å². The van der Waals surface area contributed by atoms with E-state index in [0.717, 1.165) is 11.1 Å². The van der Waals surface area contributed by atoms with Crippen LogP contribution in [0.25, 0.3) is 0 Å². The van der Waals surface area contributed by atoms with Crippen LogP contribution in [0.2, 0.25) is 0 Å². The lowest BCUT2D eigenvalue weighted by Crippen LogP contribution is -2.03. The minimum atomic E-state index is -0.335. The Kier molecular flexibility index (Phi) is 1.93. The minimum Gasteiger partial charge on any atom is -0.392 e. The molecule has 1 aromatic carbocycles. The van der Waals surface area contributed by atoms with Crippen molar-refractivity contribution >= 4 is 15.9 Å². The van der Waals surface area contributed by atoms with E-state index in [4.69, 9.17) is 0 Å².